The molecular weight excluding hydrogens is 308 g/mol. The third kappa shape index (κ3) is 3.66. The molecule has 0 aliphatic carbocycles. The average molecular weight is 332 g/mol. The number of hydrogen-bond donors (Lipinski definition) is 0. The second-order valence-electron chi connectivity index (χ2n) is 6.36. The van der Waals surface area contributed by atoms with E-state index in [9.17, 15) is 0 Å². The summed E-state index contributed by atoms with van der Waals surface area (Å²) < 4.78 is 7.89. The molecule has 0 bridgehead atoms. The molecule has 0 spiro atoms. The molecule has 2 aliphatic heterocycles. The first kappa shape index (κ1) is 15.3. The smallest absolute Gasteiger partial charge is 0.110 e. The standard InChI is InChI=1S/C17H24N4OS/c1-3-19(12-15-2-10-23-14-15)4-5-21-16(11-18-17(1)21)13-20-6-8-22-9-7-20/h2,10-11,14H,1,3-9,12-13H2. The van der Waals surface area contributed by atoms with Crippen molar-refractivity contribution < 1.29 is 4.74 Å². The van der Waals surface area contributed by atoms with E-state index in [1.54, 1.807) is 11.3 Å². The maximum atomic E-state index is 5.45. The predicted octanol–water partition coefficient (Wildman–Crippen LogP) is 1.84. The van der Waals surface area contributed by atoms with E-state index in [4.69, 9.17) is 9.72 Å². The fourth-order valence-corrected chi connectivity index (χ4v) is 4.11. The van der Waals surface area contributed by atoms with Gasteiger partial charge in [0.1, 0.15) is 5.82 Å². The van der Waals surface area contributed by atoms with Crippen LogP contribution >= 0.6 is 11.3 Å². The van der Waals surface area contributed by atoms with Crippen LogP contribution in [-0.4, -0.2) is 58.7 Å². The highest BCUT2D eigenvalue weighted by molar-refractivity contribution is 7.07. The highest BCUT2D eigenvalue weighted by Gasteiger charge is 2.19. The Bertz CT molecular complexity index is 619. The van der Waals surface area contributed by atoms with Gasteiger partial charge >= 0.3 is 0 Å². The van der Waals surface area contributed by atoms with Crippen LogP contribution in [0.1, 0.15) is 17.1 Å². The van der Waals surface area contributed by atoms with E-state index in [2.05, 4.69) is 37.4 Å². The molecule has 2 aliphatic rings. The minimum Gasteiger partial charge on any atom is -0.379 e. The Balaban J connectivity index is 1.40. The number of fused-ring (bicyclic) bond motifs is 1. The van der Waals surface area contributed by atoms with E-state index in [-0.39, 0.29) is 0 Å². The molecule has 0 aromatic carbocycles. The Morgan fingerprint density at radius 1 is 1.04 bits per heavy atom. The van der Waals surface area contributed by atoms with Crippen LogP contribution in [0.5, 0.6) is 0 Å². The first-order valence-corrected chi connectivity index (χ1v) is 9.39. The van der Waals surface area contributed by atoms with E-state index in [0.29, 0.717) is 0 Å². The Morgan fingerprint density at radius 2 is 1.91 bits per heavy atom. The molecule has 4 rings (SSSR count). The molecular formula is C17H24N4OS. The first-order chi connectivity index (χ1) is 11.4. The normalized spacial score (nSPS) is 20.3. The van der Waals surface area contributed by atoms with Crippen LogP contribution in [0.2, 0.25) is 0 Å². The molecule has 6 heteroatoms. The number of imidazole rings is 1. The predicted molar refractivity (Wildman–Crippen MR) is 91.6 cm³/mol. The highest BCUT2D eigenvalue weighted by atomic mass is 32.1. The van der Waals surface area contributed by atoms with Crippen LogP contribution in [0.15, 0.2) is 23.0 Å². The van der Waals surface area contributed by atoms with Crippen molar-refractivity contribution in [2.75, 3.05) is 39.4 Å². The minimum absolute atomic E-state index is 0.857. The summed E-state index contributed by atoms with van der Waals surface area (Å²) in [4.78, 5) is 9.72. The molecule has 0 N–H and O–H groups in total. The Hall–Kier alpha value is -1.21. The van der Waals surface area contributed by atoms with Gasteiger partial charge in [0.25, 0.3) is 0 Å². The Kier molecular flexibility index (Phi) is 4.75. The lowest BCUT2D eigenvalue weighted by molar-refractivity contribution is 0.0331. The Labute approximate surface area is 141 Å². The van der Waals surface area contributed by atoms with Crippen molar-refractivity contribution in [2.24, 2.45) is 0 Å². The number of hydrogen-bond acceptors (Lipinski definition) is 5. The molecule has 0 amide bonds. The molecule has 0 saturated carbocycles. The van der Waals surface area contributed by atoms with Gasteiger partial charge in [0.15, 0.2) is 0 Å². The van der Waals surface area contributed by atoms with Crippen molar-refractivity contribution in [3.05, 3.63) is 40.1 Å². The largest absolute Gasteiger partial charge is 0.379 e. The summed E-state index contributed by atoms with van der Waals surface area (Å²) >= 11 is 1.78. The average Bonchev–Trinajstić information content (AvgIpc) is 3.17. The van der Waals surface area contributed by atoms with Gasteiger partial charge in [0.05, 0.1) is 18.9 Å². The van der Waals surface area contributed by atoms with Crippen molar-refractivity contribution >= 4 is 11.3 Å². The lowest BCUT2D eigenvalue weighted by Crippen LogP contribution is -2.36. The SMILES string of the molecule is c1cc(CN2CCc3ncc(CN4CCOCC4)n3CC2)cs1. The van der Waals surface area contributed by atoms with Gasteiger partial charge in [0, 0.05) is 58.4 Å². The van der Waals surface area contributed by atoms with Crippen LogP contribution < -0.4 is 0 Å². The molecule has 23 heavy (non-hydrogen) atoms. The molecule has 1 fully saturated rings. The van der Waals surface area contributed by atoms with E-state index >= 15 is 0 Å². The van der Waals surface area contributed by atoms with E-state index in [0.717, 1.165) is 65.4 Å². The molecule has 124 valence electrons. The van der Waals surface area contributed by atoms with Crippen LogP contribution in [0.3, 0.4) is 0 Å². The van der Waals surface area contributed by atoms with Crippen LogP contribution in [0.25, 0.3) is 0 Å². The van der Waals surface area contributed by atoms with Crippen LogP contribution in [-0.2, 0) is 30.8 Å². The number of thiophene rings is 1. The monoisotopic (exact) mass is 332 g/mol. The number of aromatic nitrogens is 2. The van der Waals surface area contributed by atoms with Crippen LogP contribution in [0.4, 0.5) is 0 Å². The third-order valence-electron chi connectivity index (χ3n) is 4.79. The summed E-state index contributed by atoms with van der Waals surface area (Å²) in [5.41, 5.74) is 2.79. The zero-order chi connectivity index (χ0) is 15.5. The van der Waals surface area contributed by atoms with Gasteiger partial charge in [-0.25, -0.2) is 4.98 Å². The van der Waals surface area contributed by atoms with Crippen molar-refractivity contribution in [3.63, 3.8) is 0 Å². The number of ether oxygens (including phenoxy) is 1. The number of nitrogens with zero attached hydrogens (tertiary/aromatic N) is 4. The topological polar surface area (TPSA) is 33.5 Å². The molecule has 5 nitrogen and oxygen atoms in total. The molecule has 0 unspecified atom stereocenters. The van der Waals surface area contributed by atoms with Crippen LogP contribution in [0, 0.1) is 0 Å². The van der Waals surface area contributed by atoms with Gasteiger partial charge in [0.2, 0.25) is 0 Å². The fraction of sp³-hybridized carbons (Fsp3) is 0.588. The van der Waals surface area contributed by atoms with Gasteiger partial charge < -0.3 is 9.30 Å². The second-order valence-corrected chi connectivity index (χ2v) is 7.14. The second kappa shape index (κ2) is 7.13. The molecule has 2 aromatic heterocycles. The minimum atomic E-state index is 0.857. The maximum Gasteiger partial charge on any atom is 0.110 e. The summed E-state index contributed by atoms with van der Waals surface area (Å²) in [6.07, 6.45) is 3.13. The summed E-state index contributed by atoms with van der Waals surface area (Å²) in [6, 6.07) is 2.23. The maximum absolute atomic E-state index is 5.45. The summed E-state index contributed by atoms with van der Waals surface area (Å²) in [5.74, 6) is 1.25. The fourth-order valence-electron chi connectivity index (χ4n) is 3.45. The molecule has 4 heterocycles. The van der Waals surface area contributed by atoms with Gasteiger partial charge in [-0.3, -0.25) is 9.80 Å². The van der Waals surface area contributed by atoms with Crippen molar-refractivity contribution in [2.45, 2.75) is 26.1 Å². The summed E-state index contributed by atoms with van der Waals surface area (Å²) in [5, 5.41) is 4.42. The van der Waals surface area contributed by atoms with Gasteiger partial charge in [-0.05, 0) is 22.4 Å². The third-order valence-corrected chi connectivity index (χ3v) is 5.52. The van der Waals surface area contributed by atoms with Gasteiger partial charge in [-0.2, -0.15) is 11.3 Å². The van der Waals surface area contributed by atoms with Gasteiger partial charge in [-0.1, -0.05) is 0 Å². The van der Waals surface area contributed by atoms with Gasteiger partial charge in [-0.15, -0.1) is 0 Å². The summed E-state index contributed by atoms with van der Waals surface area (Å²) in [7, 11) is 0. The van der Waals surface area contributed by atoms with Crippen molar-refractivity contribution in [3.8, 4) is 0 Å². The quantitative estimate of drug-likeness (QED) is 0.855. The molecule has 1 saturated heterocycles. The molecule has 2 aromatic rings. The summed E-state index contributed by atoms with van der Waals surface area (Å²) in [6.45, 7) is 9.10. The lowest BCUT2D eigenvalue weighted by Gasteiger charge is -2.27. The zero-order valence-corrected chi connectivity index (χ0v) is 14.3. The van der Waals surface area contributed by atoms with Crippen molar-refractivity contribution in [1.29, 1.82) is 0 Å². The lowest BCUT2D eigenvalue weighted by atomic mass is 10.3. The molecule has 0 radical (unpaired) electrons. The van der Waals surface area contributed by atoms with Crippen molar-refractivity contribution in [1.82, 2.24) is 19.4 Å². The van der Waals surface area contributed by atoms with E-state index in [1.807, 2.05) is 0 Å². The molecule has 0 atom stereocenters. The highest BCUT2D eigenvalue weighted by Crippen LogP contribution is 2.16. The zero-order valence-electron chi connectivity index (χ0n) is 13.5. The number of morpholine rings is 1. The first-order valence-electron chi connectivity index (χ1n) is 8.45. The van der Waals surface area contributed by atoms with E-state index in [1.165, 1.54) is 17.1 Å². The number of rotatable bonds is 4. The van der Waals surface area contributed by atoms with E-state index < -0.39 is 0 Å². The Morgan fingerprint density at radius 3 is 2.74 bits per heavy atom.